The minimum atomic E-state index is 0.559. The molecule has 2 aliphatic rings. The second-order valence-electron chi connectivity index (χ2n) is 6.12. The van der Waals surface area contributed by atoms with Crippen LogP contribution in [0, 0.1) is 0 Å². The smallest absolute Gasteiger partial charge is 0.146 e. The molecule has 0 aromatic carbocycles. The molecule has 0 saturated carbocycles. The molecule has 0 radical (unpaired) electrons. The number of piperidine rings is 1. The quantitative estimate of drug-likeness (QED) is 0.822. The van der Waals surface area contributed by atoms with E-state index in [-0.39, 0.29) is 0 Å². The van der Waals surface area contributed by atoms with E-state index in [1.54, 1.807) is 0 Å². The van der Waals surface area contributed by atoms with Crippen molar-refractivity contribution in [2.24, 2.45) is 7.05 Å². The van der Waals surface area contributed by atoms with Crippen LogP contribution >= 0.6 is 0 Å². The number of hydrogen-bond donors (Lipinski definition) is 0. The van der Waals surface area contributed by atoms with Crippen molar-refractivity contribution in [3.8, 4) is 0 Å². The van der Waals surface area contributed by atoms with Gasteiger partial charge in [0, 0.05) is 19.5 Å². The molecule has 0 aliphatic carbocycles. The van der Waals surface area contributed by atoms with Crippen molar-refractivity contribution < 1.29 is 0 Å². The van der Waals surface area contributed by atoms with Gasteiger partial charge in [-0.2, -0.15) is 0 Å². The summed E-state index contributed by atoms with van der Waals surface area (Å²) in [6, 6.07) is 0. The molecule has 1 aromatic rings. The fraction of sp³-hybridized carbons (Fsp3) is 0.857. The number of likely N-dealkylation sites (tertiary alicyclic amines) is 2. The first-order chi connectivity index (χ1) is 9.24. The maximum absolute atomic E-state index is 4.48. The lowest BCUT2D eigenvalue weighted by molar-refractivity contribution is 0.243. The van der Waals surface area contributed by atoms with Gasteiger partial charge in [0.15, 0.2) is 0 Å². The van der Waals surface area contributed by atoms with E-state index in [4.69, 9.17) is 0 Å². The van der Waals surface area contributed by atoms with E-state index < -0.39 is 0 Å². The molecular weight excluding hydrogens is 238 g/mol. The molecule has 2 aliphatic heterocycles. The van der Waals surface area contributed by atoms with Crippen molar-refractivity contribution >= 4 is 0 Å². The van der Waals surface area contributed by atoms with Crippen LogP contribution in [0.5, 0.6) is 0 Å². The highest BCUT2D eigenvalue weighted by atomic mass is 15.3. The number of nitrogens with zero attached hydrogens (tertiary/aromatic N) is 5. The fourth-order valence-electron chi connectivity index (χ4n) is 3.39. The average Bonchev–Trinajstić information content (AvgIpc) is 3.01. The van der Waals surface area contributed by atoms with Crippen LogP contribution in [-0.4, -0.2) is 57.8 Å². The highest BCUT2D eigenvalue weighted by molar-refractivity contribution is 5.04. The number of aromatic nitrogens is 3. The van der Waals surface area contributed by atoms with Crippen molar-refractivity contribution in [1.82, 2.24) is 24.6 Å². The number of rotatable bonds is 3. The molecule has 5 nitrogen and oxygen atoms in total. The van der Waals surface area contributed by atoms with Gasteiger partial charge in [0.1, 0.15) is 11.6 Å². The zero-order valence-electron chi connectivity index (χ0n) is 12.2. The first kappa shape index (κ1) is 13.1. The van der Waals surface area contributed by atoms with Crippen LogP contribution in [-0.2, 0) is 13.6 Å². The molecule has 0 bridgehead atoms. The third kappa shape index (κ3) is 2.82. The molecule has 1 aromatic heterocycles. The molecule has 0 N–H and O–H groups in total. The normalized spacial score (nSPS) is 26.1. The molecule has 5 heteroatoms. The van der Waals surface area contributed by atoms with Crippen LogP contribution in [0.2, 0.25) is 0 Å². The summed E-state index contributed by atoms with van der Waals surface area (Å²) >= 11 is 0. The minimum absolute atomic E-state index is 0.559. The highest BCUT2D eigenvalue weighted by Crippen LogP contribution is 2.25. The van der Waals surface area contributed by atoms with Gasteiger partial charge >= 0.3 is 0 Å². The third-order valence-corrected chi connectivity index (χ3v) is 4.55. The lowest BCUT2D eigenvalue weighted by Crippen LogP contribution is -2.32. The highest BCUT2D eigenvalue weighted by Gasteiger charge is 2.25. The van der Waals surface area contributed by atoms with Gasteiger partial charge in [-0.05, 0) is 52.4 Å². The van der Waals surface area contributed by atoms with E-state index in [2.05, 4.69) is 38.7 Å². The fourth-order valence-corrected chi connectivity index (χ4v) is 3.39. The molecule has 1 atom stereocenters. The predicted molar refractivity (Wildman–Crippen MR) is 75.0 cm³/mol. The minimum Gasteiger partial charge on any atom is -0.317 e. The van der Waals surface area contributed by atoms with Crippen molar-refractivity contribution in [1.29, 1.82) is 0 Å². The lowest BCUT2D eigenvalue weighted by Gasteiger charge is -2.29. The van der Waals surface area contributed by atoms with E-state index in [1.807, 2.05) is 0 Å². The molecule has 2 saturated heterocycles. The Bertz CT molecular complexity index is 421. The summed E-state index contributed by atoms with van der Waals surface area (Å²) in [6.07, 6.45) is 5.19. The maximum Gasteiger partial charge on any atom is 0.146 e. The predicted octanol–water partition coefficient (Wildman–Crippen LogP) is 1.22. The van der Waals surface area contributed by atoms with Crippen molar-refractivity contribution in [3.05, 3.63) is 11.6 Å². The molecule has 0 spiro atoms. The van der Waals surface area contributed by atoms with Gasteiger partial charge in [-0.3, -0.25) is 4.90 Å². The monoisotopic (exact) mass is 263 g/mol. The Morgan fingerprint density at radius 2 is 1.84 bits per heavy atom. The Hall–Kier alpha value is -0.940. The zero-order chi connectivity index (χ0) is 13.2. The summed E-state index contributed by atoms with van der Waals surface area (Å²) < 4.78 is 2.24. The second-order valence-corrected chi connectivity index (χ2v) is 6.12. The van der Waals surface area contributed by atoms with Gasteiger partial charge in [0.2, 0.25) is 0 Å². The topological polar surface area (TPSA) is 37.2 Å². The Morgan fingerprint density at radius 3 is 2.58 bits per heavy atom. The van der Waals surface area contributed by atoms with Gasteiger partial charge < -0.3 is 9.47 Å². The summed E-state index contributed by atoms with van der Waals surface area (Å²) in [5.41, 5.74) is 0. The van der Waals surface area contributed by atoms with Crippen LogP contribution in [0.3, 0.4) is 0 Å². The average molecular weight is 263 g/mol. The largest absolute Gasteiger partial charge is 0.317 e. The molecule has 3 heterocycles. The molecule has 1 unspecified atom stereocenters. The number of hydrogen-bond acceptors (Lipinski definition) is 4. The van der Waals surface area contributed by atoms with E-state index in [0.29, 0.717) is 5.92 Å². The maximum atomic E-state index is 4.48. The molecule has 106 valence electrons. The summed E-state index contributed by atoms with van der Waals surface area (Å²) in [5, 5.41) is 8.91. The van der Waals surface area contributed by atoms with Crippen molar-refractivity contribution in [3.63, 3.8) is 0 Å². The summed E-state index contributed by atoms with van der Waals surface area (Å²) in [6.45, 7) is 5.74. The zero-order valence-corrected chi connectivity index (χ0v) is 12.2. The molecule has 3 rings (SSSR count). The van der Waals surface area contributed by atoms with Crippen LogP contribution < -0.4 is 0 Å². The molecular formula is C14H25N5. The van der Waals surface area contributed by atoms with Crippen LogP contribution in [0.15, 0.2) is 0 Å². The Morgan fingerprint density at radius 1 is 1.05 bits per heavy atom. The van der Waals surface area contributed by atoms with Gasteiger partial charge in [-0.1, -0.05) is 0 Å². The lowest BCUT2D eigenvalue weighted by atomic mass is 9.98. The SMILES string of the molecule is CN1CCCC(c2nnc(CN3CCCC3)n2C)C1. The Balaban J connectivity index is 1.70. The molecule has 2 fully saturated rings. The van der Waals surface area contributed by atoms with Crippen LogP contribution in [0.25, 0.3) is 0 Å². The van der Waals surface area contributed by atoms with Gasteiger partial charge in [-0.15, -0.1) is 10.2 Å². The summed E-state index contributed by atoms with van der Waals surface area (Å²) in [5.74, 6) is 2.87. The van der Waals surface area contributed by atoms with Crippen LogP contribution in [0.4, 0.5) is 0 Å². The Labute approximate surface area is 115 Å². The van der Waals surface area contributed by atoms with Gasteiger partial charge in [0.05, 0.1) is 6.54 Å². The number of likely N-dealkylation sites (N-methyl/N-ethyl adjacent to an activating group) is 1. The van der Waals surface area contributed by atoms with Crippen molar-refractivity contribution in [2.45, 2.75) is 38.1 Å². The van der Waals surface area contributed by atoms with E-state index >= 15 is 0 Å². The van der Waals surface area contributed by atoms with E-state index in [9.17, 15) is 0 Å². The first-order valence-corrected chi connectivity index (χ1v) is 7.53. The standard InChI is InChI=1S/C14H25N5/c1-17-7-5-6-12(10-17)14-16-15-13(18(14)2)11-19-8-3-4-9-19/h12H,3-11H2,1-2H3. The van der Waals surface area contributed by atoms with Crippen LogP contribution in [0.1, 0.15) is 43.3 Å². The Kier molecular flexibility index (Phi) is 3.84. The molecule has 19 heavy (non-hydrogen) atoms. The molecule has 0 amide bonds. The third-order valence-electron chi connectivity index (χ3n) is 4.55. The summed E-state index contributed by atoms with van der Waals surface area (Å²) in [4.78, 5) is 4.89. The van der Waals surface area contributed by atoms with Gasteiger partial charge in [-0.25, -0.2) is 0 Å². The second kappa shape index (κ2) is 5.59. The van der Waals surface area contributed by atoms with Crippen molar-refractivity contribution in [2.75, 3.05) is 33.2 Å². The van der Waals surface area contributed by atoms with E-state index in [0.717, 1.165) is 18.9 Å². The van der Waals surface area contributed by atoms with E-state index in [1.165, 1.54) is 51.1 Å². The van der Waals surface area contributed by atoms with Gasteiger partial charge in [0.25, 0.3) is 0 Å². The summed E-state index contributed by atoms with van der Waals surface area (Å²) in [7, 11) is 4.34. The first-order valence-electron chi connectivity index (χ1n) is 7.53.